The summed E-state index contributed by atoms with van der Waals surface area (Å²) < 4.78 is 61.9. The van der Waals surface area contributed by atoms with Crippen LogP contribution in [0.4, 0.5) is 0 Å². The summed E-state index contributed by atoms with van der Waals surface area (Å²) in [6, 6.07) is 20.6. The fourth-order valence-corrected chi connectivity index (χ4v) is 16.0. The number of ether oxygens (including phenoxy) is 4. The fourth-order valence-electron chi connectivity index (χ4n) is 8.96. The molecule has 0 saturated carbocycles. The van der Waals surface area contributed by atoms with Crippen molar-refractivity contribution in [3.05, 3.63) is 101 Å². The second-order valence-electron chi connectivity index (χ2n) is 16.9. The van der Waals surface area contributed by atoms with E-state index < -0.39 is 42.1 Å². The van der Waals surface area contributed by atoms with E-state index in [1.165, 1.54) is 12.7 Å². The maximum atomic E-state index is 14.5. The SMILES string of the molecule is COCCCC1=CC(C)(C)Oc2ccc(CO[C@H]3CN(S(=O)(=O)c4ccc(C)cc4)C[C@@H](O[Si](C(C)C)(C(C)C)C(C)C)[C@@H]3c3ccc(C(=O)OC)cc3)cc21. The smallest absolute Gasteiger partial charge is 0.337 e. The Kier molecular flexibility index (Phi) is 14.1. The minimum absolute atomic E-state index is 0.128. The van der Waals surface area contributed by atoms with Gasteiger partial charge in [0.05, 0.1) is 36.4 Å². The molecule has 9 nitrogen and oxygen atoms in total. The Bertz CT molecular complexity index is 1920. The molecule has 3 aromatic rings. The number of piperidine rings is 1. The molecule has 3 atom stereocenters. The van der Waals surface area contributed by atoms with E-state index in [2.05, 4.69) is 67.5 Å². The predicted octanol–water partition coefficient (Wildman–Crippen LogP) is 9.70. The lowest BCUT2D eigenvalue weighted by Gasteiger charge is -2.50. The molecule has 56 heavy (non-hydrogen) atoms. The molecule has 3 aromatic carbocycles. The highest BCUT2D eigenvalue weighted by molar-refractivity contribution is 7.89. The van der Waals surface area contributed by atoms with Gasteiger partial charge in [0.1, 0.15) is 11.4 Å². The molecule has 0 unspecified atom stereocenters. The number of benzene rings is 3. The standard InChI is InChI=1S/C45H63NO8SSi/c1-30(2)56(31(3)4,32(5)6)54-42-28-46(55(48,49)38-21-14-33(7)15-22-38)27-41(43(42)35-17-19-36(20-18-35)44(47)51-11)52-29-34-16-23-40-39(25-34)37(13-12-24-50-10)26-45(8,9)53-40/h14-23,25-26,30-32,41-43H,12-13,24,27-29H2,1-11H3/t41-,42+,43+/m0/s1. The number of hydrogen-bond donors (Lipinski definition) is 0. The molecular formula is C45H63NO8SSi. The first-order chi connectivity index (χ1) is 26.4. The number of hydrogen-bond acceptors (Lipinski definition) is 8. The van der Waals surface area contributed by atoms with E-state index in [1.54, 1.807) is 35.7 Å². The van der Waals surface area contributed by atoms with Crippen LogP contribution in [0.25, 0.3) is 5.57 Å². The molecule has 0 radical (unpaired) electrons. The van der Waals surface area contributed by atoms with E-state index in [-0.39, 0.29) is 47.1 Å². The number of allylic oxidation sites excluding steroid dienone is 1. The summed E-state index contributed by atoms with van der Waals surface area (Å²) in [6.45, 7) is 20.7. The average molecular weight is 806 g/mol. The molecule has 1 saturated heterocycles. The van der Waals surface area contributed by atoms with E-state index in [0.29, 0.717) is 12.2 Å². The van der Waals surface area contributed by atoms with Crippen LogP contribution in [0.1, 0.15) is 107 Å². The predicted molar refractivity (Wildman–Crippen MR) is 225 cm³/mol. The van der Waals surface area contributed by atoms with Gasteiger partial charge in [-0.05, 0) is 109 Å². The molecule has 0 aromatic heterocycles. The number of methoxy groups -OCH3 is 2. The summed E-state index contributed by atoms with van der Waals surface area (Å²) in [5.41, 5.74) is 5.90. The Balaban J connectivity index is 1.60. The largest absolute Gasteiger partial charge is 0.483 e. The van der Waals surface area contributed by atoms with E-state index >= 15 is 0 Å². The Morgan fingerprint density at radius 2 is 1.52 bits per heavy atom. The van der Waals surface area contributed by atoms with Crippen LogP contribution in [0.15, 0.2) is 77.7 Å². The van der Waals surface area contributed by atoms with Gasteiger partial charge in [0.25, 0.3) is 0 Å². The van der Waals surface area contributed by atoms with Gasteiger partial charge in [-0.3, -0.25) is 0 Å². The number of carbonyl (C=O) groups excluding carboxylic acids is 1. The molecule has 11 heteroatoms. The molecule has 2 heterocycles. The average Bonchev–Trinajstić information content (AvgIpc) is 3.15. The number of carbonyl (C=O) groups is 1. The summed E-state index contributed by atoms with van der Waals surface area (Å²) in [6.07, 6.45) is 2.82. The Hall–Kier alpha value is -3.32. The summed E-state index contributed by atoms with van der Waals surface area (Å²) in [7, 11) is -3.38. The molecule has 306 valence electrons. The topological polar surface area (TPSA) is 101 Å². The first-order valence-corrected chi connectivity index (χ1v) is 23.6. The van der Waals surface area contributed by atoms with Crippen molar-refractivity contribution in [1.82, 2.24) is 4.31 Å². The van der Waals surface area contributed by atoms with Crippen LogP contribution in [0, 0.1) is 6.92 Å². The first kappa shape index (κ1) is 43.8. The molecule has 2 aliphatic heterocycles. The second kappa shape index (κ2) is 18.1. The minimum atomic E-state index is -3.92. The zero-order chi connectivity index (χ0) is 41.0. The van der Waals surface area contributed by atoms with Gasteiger partial charge < -0.3 is 23.4 Å². The summed E-state index contributed by atoms with van der Waals surface area (Å²) in [5, 5.41) is 0. The summed E-state index contributed by atoms with van der Waals surface area (Å²) in [5.74, 6) is 0.0778. The van der Waals surface area contributed by atoms with Gasteiger partial charge >= 0.3 is 5.97 Å². The molecule has 0 spiro atoms. The number of esters is 1. The number of aryl methyl sites for hydroxylation is 1. The van der Waals surface area contributed by atoms with E-state index in [4.69, 9.17) is 23.4 Å². The van der Waals surface area contributed by atoms with Crippen molar-refractivity contribution >= 4 is 29.9 Å². The molecule has 0 bridgehead atoms. The quantitative estimate of drug-likeness (QED) is 0.0802. The van der Waals surface area contributed by atoms with Gasteiger partial charge in [-0.25, -0.2) is 13.2 Å². The van der Waals surface area contributed by atoms with Crippen LogP contribution in [0.3, 0.4) is 0 Å². The van der Waals surface area contributed by atoms with E-state index in [0.717, 1.165) is 40.8 Å². The van der Waals surface area contributed by atoms with Gasteiger partial charge in [-0.2, -0.15) is 4.31 Å². The molecule has 2 aliphatic rings. The lowest BCUT2D eigenvalue weighted by Crippen LogP contribution is -2.59. The van der Waals surface area contributed by atoms with Crippen molar-refractivity contribution in [3.8, 4) is 5.75 Å². The summed E-state index contributed by atoms with van der Waals surface area (Å²) in [4.78, 5) is 12.7. The number of nitrogens with zero attached hydrogens (tertiary/aromatic N) is 1. The van der Waals surface area contributed by atoms with Gasteiger partial charge in [0.2, 0.25) is 18.3 Å². The van der Waals surface area contributed by atoms with Crippen LogP contribution in [-0.2, 0) is 35.3 Å². The molecule has 1 fully saturated rings. The maximum absolute atomic E-state index is 14.5. The van der Waals surface area contributed by atoms with Gasteiger partial charge in [-0.15, -0.1) is 0 Å². The summed E-state index contributed by atoms with van der Waals surface area (Å²) >= 11 is 0. The second-order valence-corrected chi connectivity index (χ2v) is 24.2. The Labute approximate surface area is 336 Å². The lowest BCUT2D eigenvalue weighted by atomic mass is 9.85. The molecular weight excluding hydrogens is 743 g/mol. The lowest BCUT2D eigenvalue weighted by molar-refractivity contribution is -0.0505. The normalized spacial score (nSPS) is 20.2. The number of rotatable bonds is 16. The minimum Gasteiger partial charge on any atom is -0.483 e. The first-order valence-electron chi connectivity index (χ1n) is 20.0. The van der Waals surface area contributed by atoms with Crippen molar-refractivity contribution in [2.75, 3.05) is 33.9 Å². The Morgan fingerprint density at radius 3 is 2.11 bits per heavy atom. The fraction of sp³-hybridized carbons (Fsp3) is 0.533. The van der Waals surface area contributed by atoms with Gasteiger partial charge in [0.15, 0.2) is 0 Å². The highest BCUT2D eigenvalue weighted by Crippen LogP contribution is 2.47. The third-order valence-corrected chi connectivity index (χ3v) is 19.5. The van der Waals surface area contributed by atoms with Crippen molar-refractivity contribution < 1.29 is 36.6 Å². The monoisotopic (exact) mass is 805 g/mol. The third-order valence-electron chi connectivity index (χ3n) is 11.5. The van der Waals surface area contributed by atoms with Crippen LogP contribution in [0.2, 0.25) is 16.6 Å². The zero-order valence-electron chi connectivity index (χ0n) is 35.3. The van der Waals surface area contributed by atoms with Crippen LogP contribution < -0.4 is 4.74 Å². The molecule has 0 N–H and O–H groups in total. The van der Waals surface area contributed by atoms with Crippen LogP contribution >= 0.6 is 0 Å². The van der Waals surface area contributed by atoms with Crippen LogP contribution in [0.5, 0.6) is 5.75 Å². The van der Waals surface area contributed by atoms with Crippen molar-refractivity contribution in [1.29, 1.82) is 0 Å². The zero-order valence-corrected chi connectivity index (χ0v) is 37.1. The number of fused-ring (bicyclic) bond motifs is 1. The highest BCUT2D eigenvalue weighted by Gasteiger charge is 2.51. The molecule has 0 amide bonds. The van der Waals surface area contributed by atoms with E-state index in [9.17, 15) is 13.2 Å². The van der Waals surface area contributed by atoms with Gasteiger partial charge in [0, 0.05) is 38.3 Å². The van der Waals surface area contributed by atoms with E-state index in [1.807, 2.05) is 43.3 Å². The van der Waals surface area contributed by atoms with Gasteiger partial charge in [-0.1, -0.05) is 77.4 Å². The number of sulfonamides is 1. The van der Waals surface area contributed by atoms with Crippen molar-refractivity contribution in [2.45, 2.75) is 127 Å². The molecule has 5 rings (SSSR count). The highest BCUT2D eigenvalue weighted by atomic mass is 32.2. The van der Waals surface area contributed by atoms with Crippen LogP contribution in [-0.4, -0.2) is 78.7 Å². The third kappa shape index (κ3) is 9.51. The van der Waals surface area contributed by atoms with Crippen molar-refractivity contribution in [2.24, 2.45) is 0 Å². The maximum Gasteiger partial charge on any atom is 0.337 e. The van der Waals surface area contributed by atoms with Crippen molar-refractivity contribution in [3.63, 3.8) is 0 Å². The Morgan fingerprint density at radius 1 is 0.893 bits per heavy atom. The molecule has 0 aliphatic carbocycles.